The maximum absolute atomic E-state index is 13.0. The Balaban J connectivity index is 0.00000363. The molecule has 0 amide bonds. The summed E-state index contributed by atoms with van der Waals surface area (Å²) in [5.74, 6) is 3.48. The van der Waals surface area contributed by atoms with Gasteiger partial charge in [-0.1, -0.05) is 0 Å². The van der Waals surface area contributed by atoms with Crippen LogP contribution in [0, 0.1) is 25.6 Å². The molecule has 1 fully saturated rings. The van der Waals surface area contributed by atoms with Crippen LogP contribution in [0.2, 0.25) is 0 Å². The number of likely N-dealkylation sites (tertiary alicyclic amines) is 1. The van der Waals surface area contributed by atoms with Crippen molar-refractivity contribution >= 4 is 29.9 Å². The van der Waals surface area contributed by atoms with Crippen LogP contribution in [0.25, 0.3) is 0 Å². The third kappa shape index (κ3) is 8.23. The fourth-order valence-corrected chi connectivity index (χ4v) is 3.64. The fraction of sp³-hybridized carbons (Fsp3) is 0.565. The van der Waals surface area contributed by atoms with Crippen LogP contribution in [0.4, 0.5) is 4.39 Å². The molecule has 0 spiro atoms. The number of rotatable bonds is 8. The first kappa shape index (κ1) is 26.4. The summed E-state index contributed by atoms with van der Waals surface area (Å²) in [4.78, 5) is 11.2. The zero-order valence-corrected chi connectivity index (χ0v) is 21.7. The fourth-order valence-electron chi connectivity index (χ4n) is 3.64. The number of oxazole rings is 1. The van der Waals surface area contributed by atoms with Crippen LogP contribution in [0.1, 0.15) is 37.1 Å². The number of halogens is 2. The van der Waals surface area contributed by atoms with Crippen molar-refractivity contribution in [3.05, 3.63) is 47.4 Å². The SMILES string of the molecule is CN=C(NCC1CCN(Cc2nc(C)c(C)o2)CC1)NCC(C)Oc1ccc(F)cc1.I. The van der Waals surface area contributed by atoms with Gasteiger partial charge < -0.3 is 19.8 Å². The van der Waals surface area contributed by atoms with Crippen molar-refractivity contribution in [1.29, 1.82) is 0 Å². The molecule has 3 rings (SSSR count). The molecular formula is C23H35FIN5O2. The quantitative estimate of drug-likeness (QED) is 0.291. The molecule has 2 heterocycles. The van der Waals surface area contributed by atoms with Gasteiger partial charge >= 0.3 is 0 Å². The highest BCUT2D eigenvalue weighted by atomic mass is 127. The molecule has 1 aliphatic heterocycles. The molecular weight excluding hydrogens is 524 g/mol. The summed E-state index contributed by atoms with van der Waals surface area (Å²) >= 11 is 0. The lowest BCUT2D eigenvalue weighted by molar-refractivity contribution is 0.164. The number of aromatic nitrogens is 1. The smallest absolute Gasteiger partial charge is 0.208 e. The molecule has 9 heteroatoms. The molecule has 32 heavy (non-hydrogen) atoms. The summed E-state index contributed by atoms with van der Waals surface area (Å²) in [6.07, 6.45) is 2.19. The van der Waals surface area contributed by atoms with Gasteiger partial charge in [-0.25, -0.2) is 9.37 Å². The second kappa shape index (κ2) is 13.0. The van der Waals surface area contributed by atoms with Gasteiger partial charge in [0.25, 0.3) is 0 Å². The van der Waals surface area contributed by atoms with Gasteiger partial charge in [-0.05, 0) is 76.9 Å². The Bertz CT molecular complexity index is 831. The molecule has 2 aromatic rings. The number of hydrogen-bond donors (Lipinski definition) is 2. The second-order valence-electron chi connectivity index (χ2n) is 8.19. The van der Waals surface area contributed by atoms with Crippen LogP contribution in [0.15, 0.2) is 33.7 Å². The average molecular weight is 559 g/mol. The molecule has 7 nitrogen and oxygen atoms in total. The van der Waals surface area contributed by atoms with Crippen LogP contribution in [0.3, 0.4) is 0 Å². The second-order valence-corrected chi connectivity index (χ2v) is 8.19. The van der Waals surface area contributed by atoms with Crippen molar-refractivity contribution in [2.75, 3.05) is 33.2 Å². The monoisotopic (exact) mass is 559 g/mol. The van der Waals surface area contributed by atoms with Crippen LogP contribution in [-0.4, -0.2) is 55.2 Å². The number of nitrogens with zero attached hydrogens (tertiary/aromatic N) is 3. The molecule has 1 saturated heterocycles. The Hall–Kier alpha value is -1.88. The summed E-state index contributed by atoms with van der Waals surface area (Å²) in [5.41, 5.74) is 0.977. The van der Waals surface area contributed by atoms with Crippen molar-refractivity contribution < 1.29 is 13.5 Å². The molecule has 1 unspecified atom stereocenters. The largest absolute Gasteiger partial charge is 0.489 e. The third-order valence-electron chi connectivity index (χ3n) is 5.63. The van der Waals surface area contributed by atoms with Crippen LogP contribution >= 0.6 is 24.0 Å². The summed E-state index contributed by atoms with van der Waals surface area (Å²) in [7, 11) is 1.77. The first-order valence-electron chi connectivity index (χ1n) is 10.9. The molecule has 0 radical (unpaired) electrons. The van der Waals surface area contributed by atoms with E-state index in [4.69, 9.17) is 9.15 Å². The molecule has 0 saturated carbocycles. The van der Waals surface area contributed by atoms with Gasteiger partial charge in [-0.3, -0.25) is 9.89 Å². The van der Waals surface area contributed by atoms with E-state index in [9.17, 15) is 4.39 Å². The Morgan fingerprint density at radius 3 is 2.53 bits per heavy atom. The van der Waals surface area contributed by atoms with Gasteiger partial charge in [-0.15, -0.1) is 24.0 Å². The number of guanidine groups is 1. The van der Waals surface area contributed by atoms with Gasteiger partial charge in [0, 0.05) is 13.6 Å². The lowest BCUT2D eigenvalue weighted by atomic mass is 9.97. The van der Waals surface area contributed by atoms with Crippen molar-refractivity contribution in [2.45, 2.75) is 46.3 Å². The van der Waals surface area contributed by atoms with E-state index in [1.54, 1.807) is 19.2 Å². The first-order chi connectivity index (χ1) is 14.9. The van der Waals surface area contributed by atoms with Crippen LogP contribution in [-0.2, 0) is 6.54 Å². The number of nitrogens with one attached hydrogen (secondary N) is 2. The minimum Gasteiger partial charge on any atom is -0.489 e. The molecule has 0 aliphatic carbocycles. The van der Waals surface area contributed by atoms with Gasteiger partial charge in [0.2, 0.25) is 5.89 Å². The number of ether oxygens (including phenoxy) is 1. The highest BCUT2D eigenvalue weighted by molar-refractivity contribution is 14.0. The van der Waals surface area contributed by atoms with Crippen LogP contribution < -0.4 is 15.4 Å². The molecule has 1 atom stereocenters. The van der Waals surface area contributed by atoms with Crippen LogP contribution in [0.5, 0.6) is 5.75 Å². The predicted molar refractivity (Wildman–Crippen MR) is 135 cm³/mol. The maximum atomic E-state index is 13.0. The van der Waals surface area contributed by atoms with Gasteiger partial charge in [-0.2, -0.15) is 0 Å². The highest BCUT2D eigenvalue weighted by Crippen LogP contribution is 2.19. The minimum atomic E-state index is -0.267. The van der Waals surface area contributed by atoms with Crippen molar-refractivity contribution in [1.82, 2.24) is 20.5 Å². The first-order valence-corrected chi connectivity index (χ1v) is 10.9. The Morgan fingerprint density at radius 2 is 1.94 bits per heavy atom. The van der Waals surface area contributed by atoms with E-state index in [0.29, 0.717) is 18.2 Å². The number of aliphatic imine (C=N–C) groups is 1. The highest BCUT2D eigenvalue weighted by Gasteiger charge is 2.21. The van der Waals surface area contributed by atoms with E-state index in [0.717, 1.165) is 62.3 Å². The van der Waals surface area contributed by atoms with E-state index in [1.807, 2.05) is 20.8 Å². The number of hydrogen-bond acceptors (Lipinski definition) is 5. The van der Waals surface area contributed by atoms with E-state index >= 15 is 0 Å². The third-order valence-corrected chi connectivity index (χ3v) is 5.63. The number of benzene rings is 1. The topological polar surface area (TPSA) is 74.9 Å². The van der Waals surface area contributed by atoms with Crippen molar-refractivity contribution in [3.8, 4) is 5.75 Å². The number of piperidine rings is 1. The molecule has 0 bridgehead atoms. The van der Waals surface area contributed by atoms with E-state index < -0.39 is 0 Å². The predicted octanol–water partition coefficient (Wildman–Crippen LogP) is 3.89. The van der Waals surface area contributed by atoms with Gasteiger partial charge in [0.15, 0.2) is 5.96 Å². The molecule has 1 aromatic carbocycles. The molecule has 178 valence electrons. The van der Waals surface area contributed by atoms with Gasteiger partial charge in [0.05, 0.1) is 18.8 Å². The van der Waals surface area contributed by atoms with Crippen molar-refractivity contribution in [2.24, 2.45) is 10.9 Å². The molecule has 1 aliphatic rings. The normalized spacial score (nSPS) is 16.3. The maximum Gasteiger partial charge on any atom is 0.208 e. The summed E-state index contributed by atoms with van der Waals surface area (Å²) in [5, 5.41) is 6.72. The number of aryl methyl sites for hydroxylation is 2. The average Bonchev–Trinajstić information content (AvgIpc) is 3.07. The Labute approximate surface area is 207 Å². The molecule has 2 N–H and O–H groups in total. The summed E-state index contributed by atoms with van der Waals surface area (Å²) in [6, 6.07) is 6.06. The van der Waals surface area contributed by atoms with Crippen molar-refractivity contribution in [3.63, 3.8) is 0 Å². The lowest BCUT2D eigenvalue weighted by Crippen LogP contribution is -2.45. The Kier molecular flexibility index (Phi) is 10.7. The minimum absolute atomic E-state index is 0. The van der Waals surface area contributed by atoms with Gasteiger partial charge in [0.1, 0.15) is 23.4 Å². The van der Waals surface area contributed by atoms with E-state index in [2.05, 4.69) is 25.5 Å². The Morgan fingerprint density at radius 1 is 1.25 bits per heavy atom. The summed E-state index contributed by atoms with van der Waals surface area (Å²) in [6.45, 7) is 10.3. The van der Waals surface area contributed by atoms with E-state index in [-0.39, 0.29) is 35.9 Å². The zero-order valence-electron chi connectivity index (χ0n) is 19.4. The van der Waals surface area contributed by atoms with E-state index in [1.165, 1.54) is 12.1 Å². The standard InChI is InChI=1S/C23H34FN5O2.HI/c1-16(30-21-7-5-20(24)6-8-21)13-26-23(25-4)27-14-19-9-11-29(12-10-19)15-22-28-17(2)18(3)31-22;/h5-8,16,19H,9-15H2,1-4H3,(H2,25,26,27);1H. The molecule has 1 aromatic heterocycles. The lowest BCUT2D eigenvalue weighted by Gasteiger charge is -2.31. The summed E-state index contributed by atoms with van der Waals surface area (Å²) < 4.78 is 24.5. The zero-order chi connectivity index (χ0) is 22.2.